The van der Waals surface area contributed by atoms with Gasteiger partial charge < -0.3 is 10.0 Å². The van der Waals surface area contributed by atoms with Gasteiger partial charge in [0.05, 0.1) is 17.8 Å². The summed E-state index contributed by atoms with van der Waals surface area (Å²) in [7, 11) is 0. The van der Waals surface area contributed by atoms with Crippen LogP contribution in [0.2, 0.25) is 0 Å². The fourth-order valence-corrected chi connectivity index (χ4v) is 3.30. The van der Waals surface area contributed by atoms with Crippen molar-refractivity contribution in [1.82, 2.24) is 14.6 Å². The lowest BCUT2D eigenvalue weighted by Gasteiger charge is -2.26. The molecule has 0 aliphatic carbocycles. The van der Waals surface area contributed by atoms with E-state index in [4.69, 9.17) is 0 Å². The third kappa shape index (κ3) is 2.45. The summed E-state index contributed by atoms with van der Waals surface area (Å²) in [4.78, 5) is 6.59. The molecule has 1 saturated heterocycles. The van der Waals surface area contributed by atoms with Crippen LogP contribution in [0.1, 0.15) is 23.7 Å². The van der Waals surface area contributed by atoms with Crippen LogP contribution in [0.4, 0.5) is 10.2 Å². The summed E-state index contributed by atoms with van der Waals surface area (Å²) in [5.41, 5.74) is 2.80. The van der Waals surface area contributed by atoms with E-state index in [9.17, 15) is 9.50 Å². The minimum absolute atomic E-state index is 0.0282. The van der Waals surface area contributed by atoms with Gasteiger partial charge in [0.25, 0.3) is 0 Å². The van der Waals surface area contributed by atoms with E-state index >= 15 is 0 Å². The summed E-state index contributed by atoms with van der Waals surface area (Å²) < 4.78 is 15.0. The number of fused-ring (bicyclic) bond motifs is 1. The summed E-state index contributed by atoms with van der Waals surface area (Å²) in [5.74, 6) is 0.532. The van der Waals surface area contributed by atoms with E-state index in [0.717, 1.165) is 22.6 Å². The molecule has 0 unspecified atom stereocenters. The van der Waals surface area contributed by atoms with Crippen LogP contribution in [0.5, 0.6) is 0 Å². The highest BCUT2D eigenvalue weighted by molar-refractivity contribution is 5.70. The first-order valence-electron chi connectivity index (χ1n) is 7.63. The molecule has 5 nitrogen and oxygen atoms in total. The number of aromatic nitrogens is 3. The number of hydrogen-bond acceptors (Lipinski definition) is 4. The molecule has 1 aromatic carbocycles. The quantitative estimate of drug-likeness (QED) is 0.790. The van der Waals surface area contributed by atoms with Crippen molar-refractivity contribution in [2.75, 3.05) is 11.4 Å². The van der Waals surface area contributed by atoms with E-state index in [0.29, 0.717) is 13.0 Å². The Morgan fingerprint density at radius 2 is 2.04 bits per heavy atom. The van der Waals surface area contributed by atoms with Gasteiger partial charge >= 0.3 is 0 Å². The second-order valence-electron chi connectivity index (χ2n) is 5.98. The van der Waals surface area contributed by atoms with Gasteiger partial charge in [-0.2, -0.15) is 5.10 Å². The van der Waals surface area contributed by atoms with Crippen molar-refractivity contribution in [3.63, 3.8) is 0 Å². The predicted octanol–water partition coefficient (Wildman–Crippen LogP) is 2.49. The Labute approximate surface area is 133 Å². The number of hydrogen-bond donors (Lipinski definition) is 1. The Morgan fingerprint density at radius 3 is 2.83 bits per heavy atom. The van der Waals surface area contributed by atoms with E-state index < -0.39 is 6.10 Å². The molecule has 1 N–H and O–H groups in total. The third-order valence-corrected chi connectivity index (χ3v) is 4.30. The molecule has 0 amide bonds. The highest BCUT2D eigenvalue weighted by Crippen LogP contribution is 2.37. The lowest BCUT2D eigenvalue weighted by molar-refractivity contribution is 0.194. The average molecular weight is 312 g/mol. The number of benzene rings is 1. The maximum absolute atomic E-state index is 13.2. The Bertz CT molecular complexity index is 845. The number of aryl methyl sites for hydroxylation is 1. The van der Waals surface area contributed by atoms with Crippen LogP contribution < -0.4 is 4.90 Å². The lowest BCUT2D eigenvalue weighted by atomic mass is 10.0. The van der Waals surface area contributed by atoms with Gasteiger partial charge in [0.2, 0.25) is 0 Å². The van der Waals surface area contributed by atoms with Crippen LogP contribution in [0.15, 0.2) is 42.7 Å². The molecule has 1 aliphatic heterocycles. The zero-order valence-electron chi connectivity index (χ0n) is 12.7. The first-order chi connectivity index (χ1) is 11.1. The average Bonchev–Trinajstić information content (AvgIpc) is 3.09. The molecular weight excluding hydrogens is 295 g/mol. The lowest BCUT2D eigenvalue weighted by Crippen LogP contribution is -2.25. The number of halogens is 1. The van der Waals surface area contributed by atoms with E-state index in [1.165, 1.54) is 12.1 Å². The Hall–Kier alpha value is -2.47. The maximum Gasteiger partial charge on any atom is 0.155 e. The Balaban J connectivity index is 1.80. The van der Waals surface area contributed by atoms with Crippen LogP contribution in [-0.2, 0) is 0 Å². The van der Waals surface area contributed by atoms with Gasteiger partial charge in [-0.05, 0) is 37.1 Å². The van der Waals surface area contributed by atoms with Gasteiger partial charge in [0, 0.05) is 18.9 Å². The number of anilines is 1. The normalized spacial score (nSPS) is 21.3. The predicted molar refractivity (Wildman–Crippen MR) is 84.8 cm³/mol. The largest absolute Gasteiger partial charge is 0.391 e. The molecule has 2 aromatic heterocycles. The SMILES string of the molecule is Cc1cc2c(N3C[C@H](O)C[C@@H]3c3ccc(F)cc3)nccn2n1. The standard InChI is InChI=1S/C17H17FN4O/c1-11-8-16-17(19-6-7-22(16)20-11)21-10-14(23)9-15(21)12-2-4-13(18)5-3-12/h2-8,14-15,23H,9-10H2,1H3/t14-,15-/m1/s1. The topological polar surface area (TPSA) is 53.7 Å². The number of β-amino-alcohol motifs (C(OH)–C–C–N with tert-alkyl or cyclic N) is 1. The summed E-state index contributed by atoms with van der Waals surface area (Å²) in [6.45, 7) is 2.44. The van der Waals surface area contributed by atoms with E-state index in [1.54, 1.807) is 22.8 Å². The molecule has 3 aromatic rings. The molecular formula is C17H17FN4O. The van der Waals surface area contributed by atoms with Crippen LogP contribution in [-0.4, -0.2) is 32.4 Å². The minimum atomic E-state index is -0.434. The molecule has 6 heteroatoms. The molecule has 3 heterocycles. The van der Waals surface area contributed by atoms with Crippen molar-refractivity contribution in [2.24, 2.45) is 0 Å². The molecule has 0 spiro atoms. The van der Waals surface area contributed by atoms with Crippen molar-refractivity contribution in [3.8, 4) is 0 Å². The fourth-order valence-electron chi connectivity index (χ4n) is 3.30. The van der Waals surface area contributed by atoms with Crippen LogP contribution in [0.3, 0.4) is 0 Å². The first-order valence-corrected chi connectivity index (χ1v) is 7.63. The minimum Gasteiger partial charge on any atom is -0.391 e. The zero-order chi connectivity index (χ0) is 16.0. The molecule has 2 atom stereocenters. The molecule has 0 bridgehead atoms. The summed E-state index contributed by atoms with van der Waals surface area (Å²) in [6, 6.07) is 8.40. The number of rotatable bonds is 2. The number of nitrogens with zero attached hydrogens (tertiary/aromatic N) is 4. The summed E-state index contributed by atoms with van der Waals surface area (Å²) in [5, 5.41) is 14.6. The van der Waals surface area contributed by atoms with Crippen molar-refractivity contribution in [1.29, 1.82) is 0 Å². The van der Waals surface area contributed by atoms with Crippen molar-refractivity contribution in [3.05, 3.63) is 59.8 Å². The summed E-state index contributed by atoms with van der Waals surface area (Å²) >= 11 is 0. The molecule has 23 heavy (non-hydrogen) atoms. The van der Waals surface area contributed by atoms with Gasteiger partial charge in [-0.1, -0.05) is 12.1 Å². The van der Waals surface area contributed by atoms with Gasteiger partial charge in [0.1, 0.15) is 11.3 Å². The second kappa shape index (κ2) is 5.31. The molecule has 0 radical (unpaired) electrons. The summed E-state index contributed by atoms with van der Waals surface area (Å²) in [6.07, 6.45) is 3.68. The smallest absolute Gasteiger partial charge is 0.155 e. The molecule has 1 fully saturated rings. The highest BCUT2D eigenvalue weighted by Gasteiger charge is 2.34. The first kappa shape index (κ1) is 14.1. The number of aliphatic hydroxyl groups excluding tert-OH is 1. The highest BCUT2D eigenvalue weighted by atomic mass is 19.1. The fraction of sp³-hybridized carbons (Fsp3) is 0.294. The van der Waals surface area contributed by atoms with E-state index in [-0.39, 0.29) is 11.9 Å². The molecule has 118 valence electrons. The van der Waals surface area contributed by atoms with Crippen LogP contribution >= 0.6 is 0 Å². The molecule has 4 rings (SSSR count). The van der Waals surface area contributed by atoms with Gasteiger partial charge in [-0.3, -0.25) is 0 Å². The van der Waals surface area contributed by atoms with Gasteiger partial charge in [-0.15, -0.1) is 0 Å². The molecule has 1 aliphatic rings. The second-order valence-corrected chi connectivity index (χ2v) is 5.98. The maximum atomic E-state index is 13.2. The Morgan fingerprint density at radius 1 is 1.26 bits per heavy atom. The van der Waals surface area contributed by atoms with Crippen LogP contribution in [0, 0.1) is 12.7 Å². The van der Waals surface area contributed by atoms with Crippen molar-refractivity contribution in [2.45, 2.75) is 25.5 Å². The molecule has 0 saturated carbocycles. The Kier molecular flexibility index (Phi) is 3.27. The number of aliphatic hydroxyl groups is 1. The van der Waals surface area contributed by atoms with E-state index in [1.807, 2.05) is 19.2 Å². The zero-order valence-corrected chi connectivity index (χ0v) is 12.7. The van der Waals surface area contributed by atoms with Crippen LogP contribution in [0.25, 0.3) is 5.52 Å². The van der Waals surface area contributed by atoms with Crippen molar-refractivity contribution >= 4 is 11.3 Å². The van der Waals surface area contributed by atoms with E-state index in [2.05, 4.69) is 15.0 Å². The third-order valence-electron chi connectivity index (χ3n) is 4.30. The van der Waals surface area contributed by atoms with Crippen molar-refractivity contribution < 1.29 is 9.50 Å². The van der Waals surface area contributed by atoms with Gasteiger partial charge in [-0.25, -0.2) is 13.9 Å². The monoisotopic (exact) mass is 312 g/mol. The van der Waals surface area contributed by atoms with Gasteiger partial charge in [0.15, 0.2) is 5.82 Å².